The van der Waals surface area contributed by atoms with E-state index in [1.165, 1.54) is 12.1 Å². The lowest BCUT2D eigenvalue weighted by atomic mass is 10.1. The number of fused-ring (bicyclic) bond motifs is 1. The maximum Gasteiger partial charge on any atom is 0.254 e. The van der Waals surface area contributed by atoms with Crippen molar-refractivity contribution in [3.05, 3.63) is 57.8 Å². The molecule has 0 bridgehead atoms. The predicted molar refractivity (Wildman–Crippen MR) is 82.5 cm³/mol. The second kappa shape index (κ2) is 5.96. The van der Waals surface area contributed by atoms with Gasteiger partial charge < -0.3 is 14.8 Å². The summed E-state index contributed by atoms with van der Waals surface area (Å²) < 4.78 is 24.9. The van der Waals surface area contributed by atoms with Crippen molar-refractivity contribution in [2.45, 2.75) is 13.0 Å². The Morgan fingerprint density at radius 1 is 1.23 bits per heavy atom. The third kappa shape index (κ3) is 2.92. The Morgan fingerprint density at radius 2 is 2.00 bits per heavy atom. The van der Waals surface area contributed by atoms with E-state index < -0.39 is 11.7 Å². The van der Waals surface area contributed by atoms with Crippen molar-refractivity contribution in [1.29, 1.82) is 0 Å². The summed E-state index contributed by atoms with van der Waals surface area (Å²) in [5, 5.41) is 2.78. The molecular formula is C16H13BrFNO3. The first kappa shape index (κ1) is 14.8. The van der Waals surface area contributed by atoms with Crippen molar-refractivity contribution in [3.63, 3.8) is 0 Å². The molecule has 1 aliphatic heterocycles. The van der Waals surface area contributed by atoms with Gasteiger partial charge in [-0.15, -0.1) is 0 Å². The lowest BCUT2D eigenvalue weighted by Gasteiger charge is -2.15. The minimum Gasteiger partial charge on any atom is -0.454 e. The Hall–Kier alpha value is -2.08. The highest BCUT2D eigenvalue weighted by molar-refractivity contribution is 9.10. The largest absolute Gasteiger partial charge is 0.454 e. The summed E-state index contributed by atoms with van der Waals surface area (Å²) in [6, 6.07) is 9.41. The molecular weight excluding hydrogens is 353 g/mol. The number of nitrogens with one attached hydrogen (secondary N) is 1. The zero-order chi connectivity index (χ0) is 15.7. The third-order valence-corrected chi connectivity index (χ3v) is 3.91. The van der Waals surface area contributed by atoms with E-state index in [0.717, 1.165) is 5.56 Å². The molecule has 6 heteroatoms. The molecule has 0 saturated heterocycles. The van der Waals surface area contributed by atoms with Gasteiger partial charge in [-0.05, 0) is 42.8 Å². The summed E-state index contributed by atoms with van der Waals surface area (Å²) in [5.74, 6) is 0.301. The summed E-state index contributed by atoms with van der Waals surface area (Å²) in [4.78, 5) is 12.2. The summed E-state index contributed by atoms with van der Waals surface area (Å²) >= 11 is 3.23. The van der Waals surface area contributed by atoms with Gasteiger partial charge in [0.05, 0.1) is 11.6 Å². The van der Waals surface area contributed by atoms with Crippen molar-refractivity contribution in [2.75, 3.05) is 6.79 Å². The molecule has 1 heterocycles. The third-order valence-electron chi connectivity index (χ3n) is 3.42. The normalized spacial score (nSPS) is 13.8. The van der Waals surface area contributed by atoms with Crippen molar-refractivity contribution < 1.29 is 18.7 Å². The van der Waals surface area contributed by atoms with E-state index in [4.69, 9.17) is 9.47 Å². The van der Waals surface area contributed by atoms with Gasteiger partial charge in [0.15, 0.2) is 11.5 Å². The van der Waals surface area contributed by atoms with E-state index in [0.29, 0.717) is 16.0 Å². The molecule has 0 fully saturated rings. The predicted octanol–water partition coefficient (Wildman–Crippen LogP) is 3.81. The standard InChI is InChI=1S/C16H13BrFNO3/c1-9(10-2-5-14-15(6-10)22-8-21-14)19-16(20)12-7-11(17)3-4-13(12)18/h2-7,9H,8H2,1H3,(H,19,20). The van der Waals surface area contributed by atoms with Crippen LogP contribution in [-0.2, 0) is 0 Å². The molecule has 0 radical (unpaired) electrons. The van der Waals surface area contributed by atoms with Gasteiger partial charge in [0, 0.05) is 4.47 Å². The van der Waals surface area contributed by atoms with E-state index >= 15 is 0 Å². The second-order valence-electron chi connectivity index (χ2n) is 4.93. The van der Waals surface area contributed by atoms with Crippen LogP contribution in [0.2, 0.25) is 0 Å². The molecule has 0 aromatic heterocycles. The molecule has 1 unspecified atom stereocenters. The number of rotatable bonds is 3. The topological polar surface area (TPSA) is 47.6 Å². The molecule has 1 N–H and O–H groups in total. The first-order valence-electron chi connectivity index (χ1n) is 6.70. The minimum absolute atomic E-state index is 0.00182. The molecule has 2 aromatic carbocycles. The minimum atomic E-state index is -0.557. The van der Waals surface area contributed by atoms with Crippen LogP contribution >= 0.6 is 15.9 Å². The van der Waals surface area contributed by atoms with Crippen molar-refractivity contribution in [2.24, 2.45) is 0 Å². The number of ether oxygens (including phenoxy) is 2. The summed E-state index contributed by atoms with van der Waals surface area (Å²) in [7, 11) is 0. The van der Waals surface area contributed by atoms with Gasteiger partial charge >= 0.3 is 0 Å². The van der Waals surface area contributed by atoms with Crippen LogP contribution in [0.1, 0.15) is 28.9 Å². The quantitative estimate of drug-likeness (QED) is 0.899. The van der Waals surface area contributed by atoms with Crippen LogP contribution in [0.15, 0.2) is 40.9 Å². The molecule has 2 aromatic rings. The van der Waals surface area contributed by atoms with E-state index in [1.807, 2.05) is 19.1 Å². The maximum absolute atomic E-state index is 13.7. The first-order valence-corrected chi connectivity index (χ1v) is 7.49. The fourth-order valence-electron chi connectivity index (χ4n) is 2.21. The Bertz CT molecular complexity index is 735. The molecule has 0 spiro atoms. The Balaban J connectivity index is 1.77. The van der Waals surface area contributed by atoms with Crippen LogP contribution in [0.5, 0.6) is 11.5 Å². The highest BCUT2D eigenvalue weighted by Gasteiger charge is 2.19. The highest BCUT2D eigenvalue weighted by atomic mass is 79.9. The Kier molecular flexibility index (Phi) is 4.02. The van der Waals surface area contributed by atoms with Crippen LogP contribution < -0.4 is 14.8 Å². The van der Waals surface area contributed by atoms with Gasteiger partial charge in [0.2, 0.25) is 6.79 Å². The average molecular weight is 366 g/mol. The second-order valence-corrected chi connectivity index (χ2v) is 5.85. The van der Waals surface area contributed by atoms with Crippen LogP contribution in [0, 0.1) is 5.82 Å². The number of amides is 1. The number of hydrogen-bond acceptors (Lipinski definition) is 3. The molecule has 1 atom stereocenters. The molecule has 22 heavy (non-hydrogen) atoms. The SMILES string of the molecule is CC(NC(=O)c1cc(Br)ccc1F)c1ccc2c(c1)OCO2. The van der Waals surface area contributed by atoms with Crippen molar-refractivity contribution >= 4 is 21.8 Å². The monoisotopic (exact) mass is 365 g/mol. The lowest BCUT2D eigenvalue weighted by Crippen LogP contribution is -2.27. The summed E-state index contributed by atoms with van der Waals surface area (Å²) in [6.07, 6.45) is 0. The number of benzene rings is 2. The van der Waals surface area contributed by atoms with Crippen molar-refractivity contribution in [3.8, 4) is 11.5 Å². The zero-order valence-electron chi connectivity index (χ0n) is 11.7. The molecule has 0 aliphatic carbocycles. The Labute approximate surface area is 135 Å². The van der Waals surface area contributed by atoms with Gasteiger partial charge in [0.1, 0.15) is 5.82 Å². The van der Waals surface area contributed by atoms with Gasteiger partial charge in [-0.1, -0.05) is 22.0 Å². The Morgan fingerprint density at radius 3 is 2.82 bits per heavy atom. The first-order chi connectivity index (χ1) is 10.5. The fourth-order valence-corrected chi connectivity index (χ4v) is 2.57. The van der Waals surface area contributed by atoms with E-state index in [9.17, 15) is 9.18 Å². The number of carbonyl (C=O) groups excluding carboxylic acids is 1. The summed E-state index contributed by atoms with van der Waals surface area (Å²) in [6.45, 7) is 2.02. The molecule has 1 amide bonds. The van der Waals surface area contributed by atoms with E-state index in [2.05, 4.69) is 21.2 Å². The maximum atomic E-state index is 13.7. The molecule has 4 nitrogen and oxygen atoms in total. The van der Waals surface area contributed by atoms with E-state index in [1.54, 1.807) is 12.1 Å². The highest BCUT2D eigenvalue weighted by Crippen LogP contribution is 2.34. The van der Waals surface area contributed by atoms with Crippen molar-refractivity contribution in [1.82, 2.24) is 5.32 Å². The number of hydrogen-bond donors (Lipinski definition) is 1. The molecule has 114 valence electrons. The van der Waals surface area contributed by atoms with Gasteiger partial charge in [-0.3, -0.25) is 4.79 Å². The zero-order valence-corrected chi connectivity index (χ0v) is 13.3. The molecule has 3 rings (SSSR count). The van der Waals surface area contributed by atoms with Crippen LogP contribution in [0.3, 0.4) is 0 Å². The van der Waals surface area contributed by atoms with Crippen LogP contribution in [0.25, 0.3) is 0 Å². The van der Waals surface area contributed by atoms with E-state index in [-0.39, 0.29) is 18.4 Å². The van der Waals surface area contributed by atoms with Gasteiger partial charge in [-0.2, -0.15) is 0 Å². The average Bonchev–Trinajstić information content (AvgIpc) is 2.97. The molecule has 1 aliphatic rings. The van der Waals surface area contributed by atoms with Crippen LogP contribution in [0.4, 0.5) is 4.39 Å². The molecule has 0 saturated carbocycles. The number of halogens is 2. The summed E-state index contributed by atoms with van der Waals surface area (Å²) in [5.41, 5.74) is 0.856. The van der Waals surface area contributed by atoms with Crippen LogP contribution in [-0.4, -0.2) is 12.7 Å². The van der Waals surface area contributed by atoms with Gasteiger partial charge in [0.25, 0.3) is 5.91 Å². The smallest absolute Gasteiger partial charge is 0.254 e. The van der Waals surface area contributed by atoms with Gasteiger partial charge in [-0.25, -0.2) is 4.39 Å². The lowest BCUT2D eigenvalue weighted by molar-refractivity contribution is 0.0935. The fraction of sp³-hybridized carbons (Fsp3) is 0.188. The number of carbonyl (C=O) groups is 1.